The van der Waals surface area contributed by atoms with Gasteiger partial charge in [0.1, 0.15) is 0 Å². The molecule has 124 valence electrons. The Morgan fingerprint density at radius 3 is 2.41 bits per heavy atom. The molecule has 0 spiro atoms. The minimum absolute atomic E-state index is 0.107. The van der Waals surface area contributed by atoms with Gasteiger partial charge in [0.25, 0.3) is 0 Å². The number of urea groups is 1. The first-order valence-electron chi connectivity index (χ1n) is 7.79. The van der Waals surface area contributed by atoms with Crippen molar-refractivity contribution < 1.29 is 9.00 Å². The SMILES string of the molecule is CCC(Cc1ccccc1)NC(=O)NCCS(=O)C(C)(C)C. The van der Waals surface area contributed by atoms with Crippen molar-refractivity contribution >= 4 is 16.8 Å². The van der Waals surface area contributed by atoms with Gasteiger partial charge in [-0.15, -0.1) is 0 Å². The molecule has 1 rings (SSSR count). The van der Waals surface area contributed by atoms with Gasteiger partial charge in [0.05, 0.1) is 0 Å². The second kappa shape index (κ2) is 8.93. The highest BCUT2D eigenvalue weighted by molar-refractivity contribution is 7.86. The highest BCUT2D eigenvalue weighted by Gasteiger charge is 2.19. The largest absolute Gasteiger partial charge is 0.337 e. The van der Waals surface area contributed by atoms with E-state index in [1.165, 1.54) is 5.56 Å². The molecule has 1 aromatic rings. The summed E-state index contributed by atoms with van der Waals surface area (Å²) in [6.07, 6.45) is 1.69. The van der Waals surface area contributed by atoms with Crippen LogP contribution in [0.15, 0.2) is 30.3 Å². The number of hydrogen-bond donors (Lipinski definition) is 2. The van der Waals surface area contributed by atoms with Crippen LogP contribution in [0.3, 0.4) is 0 Å². The Balaban J connectivity index is 2.35. The van der Waals surface area contributed by atoms with Crippen LogP contribution in [0.2, 0.25) is 0 Å². The van der Waals surface area contributed by atoms with E-state index in [0.29, 0.717) is 12.3 Å². The van der Waals surface area contributed by atoms with Gasteiger partial charge >= 0.3 is 6.03 Å². The van der Waals surface area contributed by atoms with E-state index in [2.05, 4.69) is 29.7 Å². The fourth-order valence-corrected chi connectivity index (χ4v) is 2.90. The lowest BCUT2D eigenvalue weighted by Crippen LogP contribution is -2.44. The standard InChI is InChI=1S/C17H28N2O2S/c1-5-15(13-14-9-7-6-8-10-14)19-16(20)18-11-12-22(21)17(2,3)4/h6-10,15H,5,11-13H2,1-4H3,(H2,18,19,20). The molecule has 2 unspecified atom stereocenters. The number of carbonyl (C=O) groups excluding carboxylic acids is 1. The monoisotopic (exact) mass is 324 g/mol. The van der Waals surface area contributed by atoms with Crippen molar-refractivity contribution in [2.24, 2.45) is 0 Å². The summed E-state index contributed by atoms with van der Waals surface area (Å²) in [5.74, 6) is 0.479. The number of nitrogens with one attached hydrogen (secondary N) is 2. The van der Waals surface area contributed by atoms with E-state index in [4.69, 9.17) is 0 Å². The molecule has 0 aliphatic rings. The molecule has 0 aliphatic carbocycles. The zero-order valence-electron chi connectivity index (χ0n) is 14.0. The summed E-state index contributed by atoms with van der Waals surface area (Å²) in [4.78, 5) is 11.9. The minimum atomic E-state index is -0.942. The second-order valence-corrected chi connectivity index (χ2v) is 8.68. The van der Waals surface area contributed by atoms with E-state index in [1.54, 1.807) is 0 Å². The van der Waals surface area contributed by atoms with Crippen molar-refractivity contribution in [3.05, 3.63) is 35.9 Å². The Bertz CT molecular complexity index is 483. The van der Waals surface area contributed by atoms with E-state index in [0.717, 1.165) is 12.8 Å². The van der Waals surface area contributed by atoms with Crippen molar-refractivity contribution in [1.82, 2.24) is 10.6 Å². The summed E-state index contributed by atoms with van der Waals surface area (Å²) in [5.41, 5.74) is 1.21. The van der Waals surface area contributed by atoms with Crippen LogP contribution in [0, 0.1) is 0 Å². The van der Waals surface area contributed by atoms with Crippen molar-refractivity contribution in [3.63, 3.8) is 0 Å². The van der Waals surface area contributed by atoms with Gasteiger partial charge in [-0.1, -0.05) is 37.3 Å². The fourth-order valence-electron chi connectivity index (χ4n) is 2.00. The maximum Gasteiger partial charge on any atom is 0.315 e. The maximum atomic E-state index is 11.9. The number of amides is 2. The van der Waals surface area contributed by atoms with Crippen molar-refractivity contribution in [3.8, 4) is 0 Å². The molecule has 0 aliphatic heterocycles. The van der Waals surface area contributed by atoms with E-state index >= 15 is 0 Å². The summed E-state index contributed by atoms with van der Waals surface area (Å²) >= 11 is 0. The Morgan fingerprint density at radius 1 is 1.23 bits per heavy atom. The summed E-state index contributed by atoms with van der Waals surface area (Å²) < 4.78 is 11.7. The van der Waals surface area contributed by atoms with E-state index in [-0.39, 0.29) is 16.8 Å². The molecule has 0 heterocycles. The molecule has 0 fully saturated rings. The Morgan fingerprint density at radius 2 is 1.86 bits per heavy atom. The average Bonchev–Trinajstić information content (AvgIpc) is 2.46. The third-order valence-corrected chi connectivity index (χ3v) is 5.35. The molecule has 0 aromatic heterocycles. The van der Waals surface area contributed by atoms with Crippen molar-refractivity contribution in [2.45, 2.75) is 51.3 Å². The topological polar surface area (TPSA) is 58.2 Å². The molecule has 0 saturated heterocycles. The van der Waals surface area contributed by atoms with Gasteiger partial charge in [-0.05, 0) is 39.2 Å². The molecule has 1 aromatic carbocycles. The Kier molecular flexibility index (Phi) is 7.59. The van der Waals surface area contributed by atoms with Crippen LogP contribution in [0.5, 0.6) is 0 Å². The summed E-state index contributed by atoms with van der Waals surface area (Å²) in [6.45, 7) is 8.31. The smallest absolute Gasteiger partial charge is 0.315 e. The molecule has 0 saturated carbocycles. The van der Waals surface area contributed by atoms with Gasteiger partial charge < -0.3 is 10.6 Å². The normalized spacial score (nSPS) is 14.2. The van der Waals surface area contributed by atoms with Crippen molar-refractivity contribution in [2.75, 3.05) is 12.3 Å². The third-order valence-electron chi connectivity index (χ3n) is 3.41. The Labute approximate surface area is 136 Å². The minimum Gasteiger partial charge on any atom is -0.337 e. The van der Waals surface area contributed by atoms with Gasteiger partial charge in [-0.25, -0.2) is 4.79 Å². The molecular formula is C17H28N2O2S. The van der Waals surface area contributed by atoms with Crippen LogP contribution in [-0.2, 0) is 17.2 Å². The molecule has 2 atom stereocenters. The number of carbonyl (C=O) groups is 1. The first-order valence-corrected chi connectivity index (χ1v) is 9.11. The lowest BCUT2D eigenvalue weighted by atomic mass is 10.0. The third kappa shape index (κ3) is 7.07. The van der Waals surface area contributed by atoms with E-state index < -0.39 is 10.8 Å². The lowest BCUT2D eigenvalue weighted by molar-refractivity contribution is 0.237. The van der Waals surface area contributed by atoms with Gasteiger partial charge in [0.2, 0.25) is 0 Å². The lowest BCUT2D eigenvalue weighted by Gasteiger charge is -2.19. The zero-order chi connectivity index (χ0) is 16.6. The van der Waals surface area contributed by atoms with Crippen LogP contribution >= 0.6 is 0 Å². The second-order valence-electron chi connectivity index (χ2n) is 6.36. The number of hydrogen-bond acceptors (Lipinski definition) is 2. The van der Waals surface area contributed by atoms with Gasteiger partial charge in [0, 0.05) is 33.9 Å². The summed E-state index contributed by atoms with van der Waals surface area (Å²) in [5, 5.41) is 5.77. The van der Waals surface area contributed by atoms with Crippen molar-refractivity contribution in [1.29, 1.82) is 0 Å². The predicted octanol–water partition coefficient (Wildman–Crippen LogP) is 2.85. The molecule has 0 bridgehead atoms. The molecule has 5 heteroatoms. The molecule has 22 heavy (non-hydrogen) atoms. The van der Waals surface area contributed by atoms with E-state index in [1.807, 2.05) is 39.0 Å². The van der Waals surface area contributed by atoms with Crippen LogP contribution in [0.25, 0.3) is 0 Å². The Hall–Kier alpha value is -1.36. The maximum absolute atomic E-state index is 11.9. The predicted molar refractivity (Wildman–Crippen MR) is 93.5 cm³/mol. The first-order chi connectivity index (χ1) is 10.3. The quantitative estimate of drug-likeness (QED) is 0.810. The van der Waals surface area contributed by atoms with Crippen LogP contribution < -0.4 is 10.6 Å². The molecule has 2 amide bonds. The first kappa shape index (κ1) is 18.7. The van der Waals surface area contributed by atoms with Crippen LogP contribution in [-0.4, -0.2) is 33.3 Å². The van der Waals surface area contributed by atoms with Crippen LogP contribution in [0.4, 0.5) is 4.79 Å². The average molecular weight is 324 g/mol. The summed E-state index contributed by atoms with van der Waals surface area (Å²) in [6, 6.07) is 10.0. The fraction of sp³-hybridized carbons (Fsp3) is 0.588. The molecule has 2 N–H and O–H groups in total. The molecule has 0 radical (unpaired) electrons. The van der Waals surface area contributed by atoms with Crippen LogP contribution in [0.1, 0.15) is 39.7 Å². The summed E-state index contributed by atoms with van der Waals surface area (Å²) in [7, 11) is -0.942. The van der Waals surface area contributed by atoms with Gasteiger partial charge in [0.15, 0.2) is 0 Å². The zero-order valence-corrected chi connectivity index (χ0v) is 14.8. The van der Waals surface area contributed by atoms with Gasteiger partial charge in [-0.2, -0.15) is 0 Å². The van der Waals surface area contributed by atoms with E-state index in [9.17, 15) is 9.00 Å². The number of benzene rings is 1. The molecule has 4 nitrogen and oxygen atoms in total. The highest BCUT2D eigenvalue weighted by Crippen LogP contribution is 2.10. The van der Waals surface area contributed by atoms with Gasteiger partial charge in [-0.3, -0.25) is 4.21 Å². The highest BCUT2D eigenvalue weighted by atomic mass is 32.2. The molecular weight excluding hydrogens is 296 g/mol. The number of rotatable bonds is 7.